The SMILES string of the molecule is CCCC1Nc2ccc(O)cc2S1. The Kier molecular flexibility index (Phi) is 2.36. The molecule has 0 fully saturated rings. The first kappa shape index (κ1) is 8.75. The maximum Gasteiger partial charge on any atom is 0.116 e. The molecule has 0 bridgehead atoms. The predicted octanol–water partition coefficient (Wildman–Crippen LogP) is 3.04. The predicted molar refractivity (Wildman–Crippen MR) is 56.3 cm³/mol. The van der Waals surface area contributed by atoms with Crippen molar-refractivity contribution in [3.63, 3.8) is 0 Å². The van der Waals surface area contributed by atoms with Crippen LogP contribution in [0.3, 0.4) is 0 Å². The number of fused-ring (bicyclic) bond motifs is 1. The number of hydrogen-bond acceptors (Lipinski definition) is 3. The van der Waals surface area contributed by atoms with Crippen molar-refractivity contribution in [1.82, 2.24) is 0 Å². The Balaban J connectivity index is 2.16. The summed E-state index contributed by atoms with van der Waals surface area (Å²) in [6.45, 7) is 2.18. The Morgan fingerprint density at radius 3 is 3.15 bits per heavy atom. The van der Waals surface area contributed by atoms with Crippen molar-refractivity contribution >= 4 is 17.4 Å². The number of nitrogens with one attached hydrogen (secondary N) is 1. The number of phenols is 1. The lowest BCUT2D eigenvalue weighted by Gasteiger charge is -2.06. The second kappa shape index (κ2) is 3.50. The van der Waals surface area contributed by atoms with Crippen LogP contribution < -0.4 is 5.32 Å². The van der Waals surface area contributed by atoms with Crippen molar-refractivity contribution in [3.8, 4) is 5.75 Å². The molecule has 1 aliphatic heterocycles. The number of benzene rings is 1. The van der Waals surface area contributed by atoms with E-state index in [4.69, 9.17) is 0 Å². The molecule has 1 aliphatic rings. The summed E-state index contributed by atoms with van der Waals surface area (Å²) in [5, 5.41) is 13.2. The minimum absolute atomic E-state index is 0.352. The molecule has 2 rings (SSSR count). The van der Waals surface area contributed by atoms with E-state index in [9.17, 15) is 5.11 Å². The Morgan fingerprint density at radius 2 is 2.38 bits per heavy atom. The summed E-state index contributed by atoms with van der Waals surface area (Å²) in [5.41, 5.74) is 1.15. The lowest BCUT2D eigenvalue weighted by molar-refractivity contribution is 0.474. The summed E-state index contributed by atoms with van der Waals surface area (Å²) in [4.78, 5) is 1.17. The minimum Gasteiger partial charge on any atom is -0.508 e. The van der Waals surface area contributed by atoms with Gasteiger partial charge in [0.15, 0.2) is 0 Å². The van der Waals surface area contributed by atoms with Crippen molar-refractivity contribution in [1.29, 1.82) is 0 Å². The zero-order valence-corrected chi connectivity index (χ0v) is 8.40. The molecular weight excluding hydrogens is 182 g/mol. The van der Waals surface area contributed by atoms with Gasteiger partial charge >= 0.3 is 0 Å². The van der Waals surface area contributed by atoms with Gasteiger partial charge in [-0.25, -0.2) is 0 Å². The largest absolute Gasteiger partial charge is 0.508 e. The van der Waals surface area contributed by atoms with Gasteiger partial charge in [-0.2, -0.15) is 0 Å². The molecule has 1 unspecified atom stereocenters. The number of thioether (sulfide) groups is 1. The van der Waals surface area contributed by atoms with Crippen LogP contribution in [0, 0.1) is 0 Å². The van der Waals surface area contributed by atoms with Crippen molar-refractivity contribution in [2.75, 3.05) is 5.32 Å². The van der Waals surface area contributed by atoms with Crippen molar-refractivity contribution < 1.29 is 5.11 Å². The zero-order chi connectivity index (χ0) is 9.26. The number of rotatable bonds is 2. The Morgan fingerprint density at radius 1 is 1.54 bits per heavy atom. The van der Waals surface area contributed by atoms with Gasteiger partial charge in [0.1, 0.15) is 5.75 Å². The molecule has 0 saturated heterocycles. The van der Waals surface area contributed by atoms with Crippen LogP contribution in [-0.4, -0.2) is 10.5 Å². The third kappa shape index (κ3) is 1.75. The summed E-state index contributed by atoms with van der Waals surface area (Å²) in [5.74, 6) is 0.352. The Bertz CT molecular complexity index is 314. The molecule has 2 N–H and O–H groups in total. The van der Waals surface area contributed by atoms with Gasteiger partial charge in [-0.1, -0.05) is 25.1 Å². The van der Waals surface area contributed by atoms with E-state index >= 15 is 0 Å². The number of hydrogen-bond donors (Lipinski definition) is 2. The van der Waals surface area contributed by atoms with Crippen molar-refractivity contribution in [3.05, 3.63) is 18.2 Å². The minimum atomic E-state index is 0.352. The van der Waals surface area contributed by atoms with Gasteiger partial charge in [-0.05, 0) is 24.6 Å². The molecule has 1 aromatic carbocycles. The van der Waals surface area contributed by atoms with Gasteiger partial charge in [-0.15, -0.1) is 0 Å². The van der Waals surface area contributed by atoms with Crippen LogP contribution >= 0.6 is 11.8 Å². The van der Waals surface area contributed by atoms with Crippen LogP contribution in [0.2, 0.25) is 0 Å². The third-order valence-electron chi connectivity index (χ3n) is 2.10. The quantitative estimate of drug-likeness (QED) is 0.711. The monoisotopic (exact) mass is 195 g/mol. The van der Waals surface area contributed by atoms with Crippen LogP contribution in [0.5, 0.6) is 5.75 Å². The van der Waals surface area contributed by atoms with E-state index in [-0.39, 0.29) is 0 Å². The zero-order valence-electron chi connectivity index (χ0n) is 7.58. The van der Waals surface area contributed by atoms with E-state index < -0.39 is 0 Å². The normalized spacial score (nSPS) is 19.6. The van der Waals surface area contributed by atoms with Crippen LogP contribution in [0.25, 0.3) is 0 Å². The lowest BCUT2D eigenvalue weighted by Crippen LogP contribution is -2.08. The highest BCUT2D eigenvalue weighted by molar-refractivity contribution is 8.00. The van der Waals surface area contributed by atoms with Gasteiger partial charge in [0.2, 0.25) is 0 Å². The molecule has 70 valence electrons. The van der Waals surface area contributed by atoms with Crippen molar-refractivity contribution in [2.45, 2.75) is 30.0 Å². The highest BCUT2D eigenvalue weighted by atomic mass is 32.2. The molecule has 2 nitrogen and oxygen atoms in total. The molecule has 0 radical (unpaired) electrons. The van der Waals surface area contributed by atoms with Crippen LogP contribution in [0.15, 0.2) is 23.1 Å². The van der Waals surface area contributed by atoms with E-state index in [2.05, 4.69) is 12.2 Å². The highest BCUT2D eigenvalue weighted by Gasteiger charge is 2.20. The number of phenolic OH excluding ortho intramolecular Hbond substituents is 1. The molecular formula is C10H13NOS. The van der Waals surface area contributed by atoms with E-state index in [0.717, 1.165) is 5.69 Å². The third-order valence-corrected chi connectivity index (χ3v) is 3.33. The maximum absolute atomic E-state index is 9.27. The van der Waals surface area contributed by atoms with Gasteiger partial charge < -0.3 is 10.4 Å². The van der Waals surface area contributed by atoms with Crippen LogP contribution in [-0.2, 0) is 0 Å². The molecule has 1 atom stereocenters. The van der Waals surface area contributed by atoms with E-state index in [1.807, 2.05) is 12.1 Å². The van der Waals surface area contributed by atoms with Crippen LogP contribution in [0.1, 0.15) is 19.8 Å². The summed E-state index contributed by atoms with van der Waals surface area (Å²) in [6.07, 6.45) is 2.35. The molecule has 0 saturated carbocycles. The fourth-order valence-corrected chi connectivity index (χ4v) is 2.77. The van der Waals surface area contributed by atoms with Gasteiger partial charge in [0, 0.05) is 10.6 Å². The molecule has 0 aliphatic carbocycles. The lowest BCUT2D eigenvalue weighted by atomic mass is 10.3. The summed E-state index contributed by atoms with van der Waals surface area (Å²) < 4.78 is 0. The van der Waals surface area contributed by atoms with Gasteiger partial charge in [-0.3, -0.25) is 0 Å². The average Bonchev–Trinajstić information content (AvgIpc) is 2.46. The first-order chi connectivity index (χ1) is 6.29. The molecule has 13 heavy (non-hydrogen) atoms. The first-order valence-electron chi connectivity index (χ1n) is 4.56. The topological polar surface area (TPSA) is 32.3 Å². The van der Waals surface area contributed by atoms with E-state index in [1.54, 1.807) is 17.8 Å². The van der Waals surface area contributed by atoms with Crippen molar-refractivity contribution in [2.24, 2.45) is 0 Å². The average molecular weight is 195 g/mol. The summed E-state index contributed by atoms with van der Waals surface area (Å²) in [7, 11) is 0. The smallest absolute Gasteiger partial charge is 0.116 e. The first-order valence-corrected chi connectivity index (χ1v) is 5.44. The Hall–Kier alpha value is -0.830. The molecule has 0 aromatic heterocycles. The standard InChI is InChI=1S/C10H13NOS/c1-2-3-10-11-8-5-4-7(12)6-9(8)13-10/h4-6,10-12H,2-3H2,1H3. The number of anilines is 1. The van der Waals surface area contributed by atoms with Gasteiger partial charge in [0.05, 0.1) is 5.37 Å². The molecule has 1 aromatic rings. The fraction of sp³-hybridized carbons (Fsp3) is 0.400. The molecule has 1 heterocycles. The molecule has 0 spiro atoms. The highest BCUT2D eigenvalue weighted by Crippen LogP contribution is 2.41. The van der Waals surface area contributed by atoms with E-state index in [1.165, 1.54) is 17.7 Å². The van der Waals surface area contributed by atoms with Crippen LogP contribution in [0.4, 0.5) is 5.69 Å². The molecule has 0 amide bonds. The fourth-order valence-electron chi connectivity index (χ4n) is 1.48. The second-order valence-corrected chi connectivity index (χ2v) is 4.46. The second-order valence-electron chi connectivity index (χ2n) is 3.22. The van der Waals surface area contributed by atoms with Gasteiger partial charge in [0.25, 0.3) is 0 Å². The summed E-state index contributed by atoms with van der Waals surface area (Å²) in [6, 6.07) is 5.48. The molecule has 3 heteroatoms. The Labute approximate surface area is 82.4 Å². The number of aromatic hydroxyl groups is 1. The summed E-state index contributed by atoms with van der Waals surface area (Å²) >= 11 is 1.80. The maximum atomic E-state index is 9.27. The van der Waals surface area contributed by atoms with E-state index in [0.29, 0.717) is 11.1 Å².